The van der Waals surface area contributed by atoms with Crippen molar-refractivity contribution in [3.05, 3.63) is 12.0 Å². The van der Waals surface area contributed by atoms with E-state index in [1.165, 1.54) is 0 Å². The lowest BCUT2D eigenvalue weighted by atomic mass is 11.1. The molecule has 0 aromatic rings. The third kappa shape index (κ3) is 0.210. The van der Waals surface area contributed by atoms with Crippen molar-refractivity contribution >= 4 is 0 Å². The first-order chi connectivity index (χ1) is 2.30. The van der Waals surface area contributed by atoms with Crippen molar-refractivity contribution in [3.63, 3.8) is 0 Å². The van der Waals surface area contributed by atoms with Crippen molar-refractivity contribution < 1.29 is 0 Å². The molecule has 2 N–H and O–H groups in total. The molecule has 0 atom stereocenters. The van der Waals surface area contributed by atoms with Crippen LogP contribution in [0.4, 0.5) is 0 Å². The highest BCUT2D eigenvalue weighted by atomic mass is 15.3. The summed E-state index contributed by atoms with van der Waals surface area (Å²) in [7, 11) is 1.91. The third-order valence-corrected chi connectivity index (χ3v) is 0.665. The molecule has 1 heterocycles. The summed E-state index contributed by atoms with van der Waals surface area (Å²) >= 11 is 0. The number of nitrogens with two attached hydrogens (primary N) is 1. The lowest BCUT2D eigenvalue weighted by molar-refractivity contribution is 0.711. The Labute approximate surface area is 30.9 Å². The number of hydrogen-bond acceptors (Lipinski definition) is 2. The van der Waals surface area contributed by atoms with E-state index in [1.54, 1.807) is 0 Å². The Morgan fingerprint density at radius 2 is 2.20 bits per heavy atom. The van der Waals surface area contributed by atoms with Gasteiger partial charge in [-0.25, -0.2) is 0 Å². The van der Waals surface area contributed by atoms with E-state index < -0.39 is 0 Å². The maximum Gasteiger partial charge on any atom is 0.119 e. The van der Waals surface area contributed by atoms with Crippen molar-refractivity contribution in [1.82, 2.24) is 4.90 Å². The van der Waals surface area contributed by atoms with Gasteiger partial charge in [0.25, 0.3) is 0 Å². The summed E-state index contributed by atoms with van der Waals surface area (Å²) in [4.78, 5) is 1.86. The van der Waals surface area contributed by atoms with E-state index >= 15 is 0 Å². The van der Waals surface area contributed by atoms with Gasteiger partial charge < -0.3 is 10.6 Å². The second-order valence-electron chi connectivity index (χ2n) is 1.16. The van der Waals surface area contributed by atoms with Gasteiger partial charge in [0.2, 0.25) is 0 Å². The van der Waals surface area contributed by atoms with Gasteiger partial charge in [0.05, 0.1) is 0 Å². The third-order valence-electron chi connectivity index (χ3n) is 0.665. The highest BCUT2D eigenvalue weighted by molar-refractivity contribution is 5.11. The molecule has 0 bridgehead atoms. The number of nitrogens with zero attached hydrogens (tertiary/aromatic N) is 1. The highest BCUT2D eigenvalue weighted by Gasteiger charge is 2.07. The average molecular weight is 70.1 g/mol. The lowest BCUT2D eigenvalue weighted by Crippen LogP contribution is -1.94. The van der Waals surface area contributed by atoms with Gasteiger partial charge in [-0.05, 0) is 0 Å². The maximum absolute atomic E-state index is 5.15. The van der Waals surface area contributed by atoms with E-state index in [-0.39, 0.29) is 0 Å². The molecule has 1 rings (SSSR count). The zero-order valence-corrected chi connectivity index (χ0v) is 3.10. The van der Waals surface area contributed by atoms with Gasteiger partial charge in [0.1, 0.15) is 5.82 Å². The van der Waals surface area contributed by atoms with E-state index in [0.717, 1.165) is 5.82 Å². The fourth-order valence-corrected chi connectivity index (χ4v) is 0.170. The smallest absolute Gasteiger partial charge is 0.119 e. The van der Waals surface area contributed by atoms with Crippen LogP contribution in [0.3, 0.4) is 0 Å². The zero-order chi connectivity index (χ0) is 3.86. The molecule has 1 aliphatic rings. The maximum atomic E-state index is 5.15. The van der Waals surface area contributed by atoms with Crippen LogP contribution in [0.25, 0.3) is 0 Å². The van der Waals surface area contributed by atoms with Crippen LogP contribution in [0.2, 0.25) is 0 Å². The molecule has 0 spiro atoms. The molecule has 0 aliphatic carbocycles. The van der Waals surface area contributed by atoms with Crippen LogP contribution in [0.1, 0.15) is 0 Å². The first-order valence-electron chi connectivity index (χ1n) is 1.51. The minimum absolute atomic E-state index is 0.880. The summed E-state index contributed by atoms with van der Waals surface area (Å²) < 4.78 is 0. The summed E-state index contributed by atoms with van der Waals surface area (Å²) in [5, 5.41) is 0. The van der Waals surface area contributed by atoms with Crippen molar-refractivity contribution in [2.45, 2.75) is 0 Å². The van der Waals surface area contributed by atoms with E-state index in [2.05, 4.69) is 0 Å². The predicted octanol–water partition coefficient (Wildman–Crippen LogP) is -0.311. The largest absolute Gasteiger partial charge is 0.384 e. The molecule has 0 saturated carbocycles. The first kappa shape index (κ1) is 2.57. The van der Waals surface area contributed by atoms with E-state index in [9.17, 15) is 0 Å². The van der Waals surface area contributed by atoms with Crippen molar-refractivity contribution in [2.75, 3.05) is 7.05 Å². The molecule has 0 aromatic heterocycles. The standard InChI is InChI=1S/C3H6N2/c1-5-2-3(5)4/h2H,4H2,1H3. The SMILES string of the molecule is CN1C=C1N. The normalized spacial score (nSPS) is 18.6. The molecule has 0 fully saturated rings. The van der Waals surface area contributed by atoms with Crippen LogP contribution in [-0.4, -0.2) is 11.9 Å². The Morgan fingerprint density at radius 1 is 2.00 bits per heavy atom. The average Bonchev–Trinajstić information content (AvgIpc) is 1.79. The molecule has 2 heteroatoms. The topological polar surface area (TPSA) is 29.0 Å². The highest BCUT2D eigenvalue weighted by Crippen LogP contribution is 2.07. The van der Waals surface area contributed by atoms with Crippen molar-refractivity contribution in [2.24, 2.45) is 5.73 Å². The fourth-order valence-electron chi connectivity index (χ4n) is 0.170. The molecule has 0 amide bonds. The van der Waals surface area contributed by atoms with Gasteiger partial charge in [-0.3, -0.25) is 0 Å². The second kappa shape index (κ2) is 0.455. The van der Waals surface area contributed by atoms with Crippen LogP contribution in [0, 0.1) is 0 Å². The molecular weight excluding hydrogens is 64.0 g/mol. The quantitative estimate of drug-likeness (QED) is 0.423. The Hall–Kier alpha value is -0.660. The number of rotatable bonds is 0. The van der Waals surface area contributed by atoms with E-state index in [1.807, 2.05) is 18.1 Å². The Kier molecular flexibility index (Phi) is 0.234. The van der Waals surface area contributed by atoms with Gasteiger partial charge in [-0.15, -0.1) is 0 Å². The summed E-state index contributed by atoms with van der Waals surface area (Å²) in [6.45, 7) is 0. The van der Waals surface area contributed by atoms with Crippen LogP contribution >= 0.6 is 0 Å². The first-order valence-corrected chi connectivity index (χ1v) is 1.51. The van der Waals surface area contributed by atoms with Gasteiger partial charge in [-0.2, -0.15) is 0 Å². The van der Waals surface area contributed by atoms with Gasteiger partial charge in [0.15, 0.2) is 0 Å². The molecule has 1 aliphatic heterocycles. The Morgan fingerprint density at radius 3 is 2.20 bits per heavy atom. The van der Waals surface area contributed by atoms with E-state index in [4.69, 9.17) is 5.73 Å². The summed E-state index contributed by atoms with van der Waals surface area (Å²) in [5.41, 5.74) is 5.15. The monoisotopic (exact) mass is 70.1 g/mol. The van der Waals surface area contributed by atoms with Crippen LogP contribution in [0.15, 0.2) is 12.0 Å². The van der Waals surface area contributed by atoms with Crippen LogP contribution in [0.5, 0.6) is 0 Å². The van der Waals surface area contributed by atoms with Gasteiger partial charge in [-0.1, -0.05) is 0 Å². The van der Waals surface area contributed by atoms with Crippen LogP contribution < -0.4 is 5.73 Å². The van der Waals surface area contributed by atoms with E-state index in [0.29, 0.717) is 0 Å². The van der Waals surface area contributed by atoms with Crippen molar-refractivity contribution in [3.8, 4) is 0 Å². The van der Waals surface area contributed by atoms with Crippen LogP contribution in [-0.2, 0) is 0 Å². The van der Waals surface area contributed by atoms with Gasteiger partial charge >= 0.3 is 0 Å². The zero-order valence-electron chi connectivity index (χ0n) is 3.10. The molecule has 28 valence electrons. The minimum atomic E-state index is 0.880. The Bertz CT molecular complexity index is 75.0. The minimum Gasteiger partial charge on any atom is -0.384 e. The summed E-state index contributed by atoms with van der Waals surface area (Å²) in [6.07, 6.45) is 1.86. The fraction of sp³-hybridized carbons (Fsp3) is 0.333. The molecule has 0 saturated heterocycles. The summed E-state index contributed by atoms with van der Waals surface area (Å²) in [6, 6.07) is 0. The number of hydrogen-bond donors (Lipinski definition) is 1. The predicted molar refractivity (Wildman–Crippen MR) is 20.0 cm³/mol. The molecule has 5 heavy (non-hydrogen) atoms. The molecule has 0 unspecified atom stereocenters. The van der Waals surface area contributed by atoms with Crippen molar-refractivity contribution in [1.29, 1.82) is 0 Å². The Balaban J connectivity index is 2.38. The molecule has 0 aromatic carbocycles. The van der Waals surface area contributed by atoms with Gasteiger partial charge in [0, 0.05) is 13.2 Å². The molecular formula is C3H6N2. The summed E-state index contributed by atoms with van der Waals surface area (Å²) in [5.74, 6) is 0.880. The molecule has 2 nitrogen and oxygen atoms in total. The molecule has 0 radical (unpaired) electrons. The second-order valence-corrected chi connectivity index (χ2v) is 1.16. The lowest BCUT2D eigenvalue weighted by Gasteiger charge is -1.81.